The van der Waals surface area contributed by atoms with Crippen molar-refractivity contribution in [2.24, 2.45) is 20.0 Å². The van der Waals surface area contributed by atoms with E-state index in [0.717, 1.165) is 24.2 Å². The number of carbonyl (C=O) groups is 1. The van der Waals surface area contributed by atoms with Crippen molar-refractivity contribution < 1.29 is 17.9 Å². The molecule has 1 saturated heterocycles. The minimum atomic E-state index is -3.90. The second kappa shape index (κ2) is 13.0. The smallest absolute Gasteiger partial charge is 0.410 e. The van der Waals surface area contributed by atoms with Crippen LogP contribution in [0.4, 0.5) is 10.5 Å². The van der Waals surface area contributed by atoms with Crippen LogP contribution in [0.3, 0.4) is 0 Å². The number of imidazole rings is 2. The number of piperidine rings is 1. The third-order valence-corrected chi connectivity index (χ3v) is 8.64. The van der Waals surface area contributed by atoms with Gasteiger partial charge in [0.2, 0.25) is 0 Å². The Morgan fingerprint density at radius 3 is 2.43 bits per heavy atom. The van der Waals surface area contributed by atoms with E-state index in [2.05, 4.69) is 25.7 Å². The van der Waals surface area contributed by atoms with Gasteiger partial charge in [-0.05, 0) is 70.2 Å². The van der Waals surface area contributed by atoms with Gasteiger partial charge >= 0.3 is 6.09 Å². The third kappa shape index (κ3) is 8.33. The molecule has 1 atom stereocenters. The Hall–Kier alpha value is -3.89. The molecule has 0 saturated carbocycles. The molecule has 0 bridgehead atoms. The van der Waals surface area contributed by atoms with Crippen molar-refractivity contribution in [3.63, 3.8) is 0 Å². The van der Waals surface area contributed by atoms with E-state index in [1.54, 1.807) is 41.2 Å². The van der Waals surface area contributed by atoms with Gasteiger partial charge < -0.3 is 23.7 Å². The number of aromatic nitrogens is 4. The monoisotopic (exact) mass is 596 g/mol. The first kappa shape index (κ1) is 31.1. The predicted molar refractivity (Wildman–Crippen MR) is 158 cm³/mol. The van der Waals surface area contributed by atoms with E-state index in [-0.39, 0.29) is 17.0 Å². The molecule has 1 aliphatic rings. The van der Waals surface area contributed by atoms with E-state index in [1.165, 1.54) is 12.5 Å². The number of hydrogen-bond donors (Lipinski definition) is 1. The average Bonchev–Trinajstić information content (AvgIpc) is 3.55. The van der Waals surface area contributed by atoms with Gasteiger partial charge in [-0.25, -0.2) is 27.9 Å². The van der Waals surface area contributed by atoms with Gasteiger partial charge in [0, 0.05) is 57.9 Å². The summed E-state index contributed by atoms with van der Waals surface area (Å²) in [5, 5.41) is 9.26. The van der Waals surface area contributed by atoms with E-state index in [0.29, 0.717) is 38.2 Å². The second-order valence-electron chi connectivity index (χ2n) is 11.9. The first-order chi connectivity index (χ1) is 19.8. The quantitative estimate of drug-likeness (QED) is 0.376. The maximum absolute atomic E-state index is 13.4. The van der Waals surface area contributed by atoms with Crippen molar-refractivity contribution in [3.8, 4) is 6.07 Å². The molecule has 3 heterocycles. The van der Waals surface area contributed by atoms with Gasteiger partial charge in [-0.3, -0.25) is 0 Å². The molecule has 1 unspecified atom stereocenters. The molecule has 12 nitrogen and oxygen atoms in total. The number of carbonyl (C=O) groups excluding carboxylic acids is 1. The first-order valence-electron chi connectivity index (χ1n) is 14.0. The highest BCUT2D eigenvalue weighted by Gasteiger charge is 2.31. The van der Waals surface area contributed by atoms with Crippen LogP contribution in [0.2, 0.25) is 0 Å². The summed E-state index contributed by atoms with van der Waals surface area (Å²) in [7, 11) is -0.256. The fraction of sp³-hybridized carbons (Fsp3) is 0.517. The number of aryl methyl sites for hydroxylation is 2. The van der Waals surface area contributed by atoms with Gasteiger partial charge in [-0.15, -0.1) is 0 Å². The van der Waals surface area contributed by atoms with Gasteiger partial charge in [-0.2, -0.15) is 5.26 Å². The first-order valence-corrected chi connectivity index (χ1v) is 15.5. The summed E-state index contributed by atoms with van der Waals surface area (Å²) in [6.45, 7) is 7.50. The van der Waals surface area contributed by atoms with Crippen LogP contribution in [0.15, 0.2) is 54.3 Å². The Bertz CT molecular complexity index is 1490. The van der Waals surface area contributed by atoms with E-state index >= 15 is 0 Å². The fourth-order valence-corrected chi connectivity index (χ4v) is 6.28. The van der Waals surface area contributed by atoms with Crippen molar-refractivity contribution in [2.75, 3.05) is 24.5 Å². The molecule has 13 heteroatoms. The molecule has 0 aliphatic carbocycles. The number of nitrogens with zero attached hydrogens (tertiary/aromatic N) is 7. The molecule has 1 amide bonds. The maximum Gasteiger partial charge on any atom is 0.410 e. The van der Waals surface area contributed by atoms with E-state index in [1.807, 2.05) is 44.5 Å². The lowest BCUT2D eigenvalue weighted by atomic mass is 9.90. The zero-order valence-corrected chi connectivity index (χ0v) is 25.7. The fourth-order valence-electron chi connectivity index (χ4n) is 5.05. The highest BCUT2D eigenvalue weighted by molar-refractivity contribution is 7.89. The number of hydrogen-bond acceptors (Lipinski definition) is 8. The maximum atomic E-state index is 13.4. The molecule has 1 aliphatic heterocycles. The van der Waals surface area contributed by atoms with E-state index < -0.39 is 21.7 Å². The summed E-state index contributed by atoms with van der Waals surface area (Å²) < 4.78 is 38.8. The molecule has 0 radical (unpaired) electrons. The Kier molecular flexibility index (Phi) is 9.58. The Balaban J connectivity index is 1.56. The Morgan fingerprint density at radius 2 is 1.88 bits per heavy atom. The van der Waals surface area contributed by atoms with Crippen molar-refractivity contribution in [2.45, 2.75) is 63.2 Å². The van der Waals surface area contributed by atoms with Crippen LogP contribution in [-0.4, -0.2) is 69.8 Å². The third-order valence-electron chi connectivity index (χ3n) is 7.23. The lowest BCUT2D eigenvalue weighted by Gasteiger charge is -2.36. The normalized spacial score (nSPS) is 15.3. The number of benzene rings is 1. The van der Waals surface area contributed by atoms with Crippen LogP contribution in [0.5, 0.6) is 0 Å². The van der Waals surface area contributed by atoms with E-state index in [4.69, 9.17) is 4.74 Å². The lowest BCUT2D eigenvalue weighted by molar-refractivity contribution is 0.0179. The summed E-state index contributed by atoms with van der Waals surface area (Å²) in [6, 6.07) is 8.95. The molecule has 4 rings (SSSR count). The molecule has 42 heavy (non-hydrogen) atoms. The summed E-state index contributed by atoms with van der Waals surface area (Å²) in [6.07, 6.45) is 8.18. The van der Waals surface area contributed by atoms with Crippen molar-refractivity contribution in [1.82, 2.24) is 28.7 Å². The Labute approximate surface area is 248 Å². The zero-order chi connectivity index (χ0) is 30.5. The minimum absolute atomic E-state index is 0.0358. The molecular formula is C29H40N8O4S. The molecule has 1 N–H and O–H groups in total. The predicted octanol–water partition coefficient (Wildman–Crippen LogP) is 3.42. The number of anilines is 1. The van der Waals surface area contributed by atoms with Gasteiger partial charge in [0.15, 0.2) is 5.03 Å². The number of nitriles is 1. The number of rotatable bonds is 10. The van der Waals surface area contributed by atoms with Crippen LogP contribution in [0.1, 0.15) is 51.3 Å². The van der Waals surface area contributed by atoms with Gasteiger partial charge in [0.25, 0.3) is 10.0 Å². The molecule has 1 fully saturated rings. The van der Waals surface area contributed by atoms with Crippen LogP contribution < -0.4 is 9.62 Å². The second-order valence-corrected chi connectivity index (χ2v) is 13.5. The van der Waals surface area contributed by atoms with Crippen LogP contribution >= 0.6 is 0 Å². The standard InChI is InChI=1S/C29H40N8O4S/c1-29(2,3)41-28(38)36-12-10-22(11-13-36)14-24(33-42(39,40)27-19-34(4)21-32-27)17-37(18-26-16-31-20-35(26)5)25-8-6-23(15-30)7-9-25/h6-9,16,19-22,24,33H,10-14,17-18H2,1-5H3. The number of ether oxygens (including phenoxy) is 1. The summed E-state index contributed by atoms with van der Waals surface area (Å²) in [5.41, 5.74) is 1.79. The Morgan fingerprint density at radius 1 is 1.19 bits per heavy atom. The SMILES string of the molecule is Cn1cnc(S(=O)(=O)NC(CC2CCN(C(=O)OC(C)(C)C)CC2)CN(Cc2cncn2C)c2ccc(C#N)cc2)c1. The van der Waals surface area contributed by atoms with Gasteiger partial charge in [0.1, 0.15) is 5.60 Å². The highest BCUT2D eigenvalue weighted by Crippen LogP contribution is 2.26. The van der Waals surface area contributed by atoms with Crippen LogP contribution in [-0.2, 0) is 35.4 Å². The number of nitrogens with one attached hydrogen (secondary N) is 1. The van der Waals surface area contributed by atoms with Crippen molar-refractivity contribution in [1.29, 1.82) is 5.26 Å². The molecule has 3 aromatic rings. The van der Waals surface area contributed by atoms with Crippen molar-refractivity contribution in [3.05, 3.63) is 60.6 Å². The van der Waals surface area contributed by atoms with Crippen LogP contribution in [0, 0.1) is 17.2 Å². The molecule has 0 spiro atoms. The molecule has 2 aromatic heterocycles. The van der Waals surface area contributed by atoms with Crippen LogP contribution in [0.25, 0.3) is 0 Å². The van der Waals surface area contributed by atoms with Gasteiger partial charge in [-0.1, -0.05) is 0 Å². The summed E-state index contributed by atoms with van der Waals surface area (Å²) in [4.78, 5) is 24.7. The number of likely N-dealkylation sites (tertiary alicyclic amines) is 1. The highest BCUT2D eigenvalue weighted by atomic mass is 32.2. The molecule has 1 aromatic carbocycles. The largest absolute Gasteiger partial charge is 0.444 e. The zero-order valence-electron chi connectivity index (χ0n) is 24.9. The summed E-state index contributed by atoms with van der Waals surface area (Å²) in [5.74, 6) is 0.194. The number of amides is 1. The number of sulfonamides is 1. The minimum Gasteiger partial charge on any atom is -0.444 e. The summed E-state index contributed by atoms with van der Waals surface area (Å²) >= 11 is 0. The van der Waals surface area contributed by atoms with Gasteiger partial charge in [0.05, 0.1) is 36.5 Å². The van der Waals surface area contributed by atoms with E-state index in [9.17, 15) is 18.5 Å². The topological polar surface area (TPSA) is 138 Å². The average molecular weight is 597 g/mol. The molecule has 226 valence electrons. The van der Waals surface area contributed by atoms with Crippen molar-refractivity contribution >= 4 is 21.8 Å². The lowest BCUT2D eigenvalue weighted by Crippen LogP contribution is -2.47. The molecular weight excluding hydrogens is 556 g/mol.